The van der Waals surface area contributed by atoms with E-state index in [-0.39, 0.29) is 17.0 Å². The molecule has 0 radical (unpaired) electrons. The number of hydrogen-bond donors (Lipinski definition) is 0. The molecule has 0 aliphatic carbocycles. The fourth-order valence-electron chi connectivity index (χ4n) is 4.40. The van der Waals surface area contributed by atoms with Gasteiger partial charge in [0.1, 0.15) is 21.8 Å². The van der Waals surface area contributed by atoms with Crippen LogP contribution in [0.2, 0.25) is 0 Å². The van der Waals surface area contributed by atoms with Gasteiger partial charge in [0, 0.05) is 44.8 Å². The average molecular weight is 488 g/mol. The molecule has 0 aromatic carbocycles. The second-order valence-corrected chi connectivity index (χ2v) is 10.0. The number of amides is 1. The molecule has 0 spiro atoms. The van der Waals surface area contributed by atoms with Crippen LogP contribution in [0.4, 0.5) is 5.82 Å². The number of rotatable bonds is 8. The highest BCUT2D eigenvalue weighted by molar-refractivity contribution is 8.26. The summed E-state index contributed by atoms with van der Waals surface area (Å²) in [7, 11) is 0. The van der Waals surface area contributed by atoms with Crippen LogP contribution in [0.1, 0.15) is 56.7 Å². The van der Waals surface area contributed by atoms with E-state index in [4.69, 9.17) is 12.2 Å². The quantitative estimate of drug-likeness (QED) is 0.315. The molecular formula is C24H33N5O2S2. The van der Waals surface area contributed by atoms with Crippen molar-refractivity contribution in [2.24, 2.45) is 0 Å². The molecular weight excluding hydrogens is 454 g/mol. The summed E-state index contributed by atoms with van der Waals surface area (Å²) in [5.74, 6) is 0.709. The fourth-order valence-corrected chi connectivity index (χ4v) is 5.69. The molecule has 7 nitrogen and oxygen atoms in total. The van der Waals surface area contributed by atoms with Crippen molar-refractivity contribution in [3.63, 3.8) is 0 Å². The topological polar surface area (TPSA) is 72.6 Å². The molecule has 2 saturated heterocycles. The smallest absolute Gasteiger partial charge is 0.270 e. The molecule has 178 valence electrons. The predicted octanol–water partition coefficient (Wildman–Crippen LogP) is 3.58. The van der Waals surface area contributed by atoms with E-state index in [1.165, 1.54) is 11.8 Å². The number of thiocarbonyl (C=S) groups is 1. The van der Waals surface area contributed by atoms with Gasteiger partial charge in [0.15, 0.2) is 0 Å². The minimum absolute atomic E-state index is 0.0880. The molecule has 9 heteroatoms. The SMILES string of the molecule is CCCCCN1C(=O)C(=Cc2c(C)c(C#N)c(=O)n(CC)c2N2CCN(CC)CC2)SC1=S. The summed E-state index contributed by atoms with van der Waals surface area (Å²) in [6, 6.07) is 2.10. The molecule has 3 rings (SSSR count). The third-order valence-electron chi connectivity index (χ3n) is 6.42. The summed E-state index contributed by atoms with van der Waals surface area (Å²) in [5.41, 5.74) is 1.26. The number of unbranched alkanes of at least 4 members (excludes halogenated alkanes) is 2. The fraction of sp³-hybridized carbons (Fsp3) is 0.583. The summed E-state index contributed by atoms with van der Waals surface area (Å²) >= 11 is 6.81. The lowest BCUT2D eigenvalue weighted by Gasteiger charge is -2.37. The van der Waals surface area contributed by atoms with Crippen molar-refractivity contribution in [2.45, 2.75) is 53.5 Å². The van der Waals surface area contributed by atoms with Crippen LogP contribution in [0.3, 0.4) is 0 Å². The Morgan fingerprint density at radius 2 is 1.79 bits per heavy atom. The van der Waals surface area contributed by atoms with Crippen LogP contribution in [0.25, 0.3) is 6.08 Å². The Hall–Kier alpha value is -2.15. The molecule has 0 unspecified atom stereocenters. The highest BCUT2D eigenvalue weighted by Gasteiger charge is 2.33. The van der Waals surface area contributed by atoms with E-state index < -0.39 is 0 Å². The number of thioether (sulfide) groups is 1. The van der Waals surface area contributed by atoms with Gasteiger partial charge in [0.25, 0.3) is 11.5 Å². The molecule has 1 aromatic heterocycles. The number of piperazine rings is 1. The van der Waals surface area contributed by atoms with Crippen molar-refractivity contribution in [1.29, 1.82) is 5.26 Å². The maximum Gasteiger partial charge on any atom is 0.270 e. The van der Waals surface area contributed by atoms with Crippen molar-refractivity contribution in [3.8, 4) is 6.07 Å². The second-order valence-electron chi connectivity index (χ2n) is 8.36. The molecule has 2 aliphatic heterocycles. The van der Waals surface area contributed by atoms with E-state index in [0.717, 1.165) is 63.4 Å². The Kier molecular flexibility index (Phi) is 8.74. The van der Waals surface area contributed by atoms with Crippen molar-refractivity contribution in [2.75, 3.05) is 44.2 Å². The molecule has 33 heavy (non-hydrogen) atoms. The lowest BCUT2D eigenvalue weighted by molar-refractivity contribution is -0.122. The molecule has 3 heterocycles. The summed E-state index contributed by atoms with van der Waals surface area (Å²) in [4.78, 5) is 33.1. The number of carbonyl (C=O) groups excluding carboxylic acids is 1. The van der Waals surface area contributed by atoms with Gasteiger partial charge >= 0.3 is 0 Å². The van der Waals surface area contributed by atoms with Gasteiger partial charge in [0.2, 0.25) is 0 Å². The second kappa shape index (κ2) is 11.3. The monoisotopic (exact) mass is 487 g/mol. The van der Waals surface area contributed by atoms with Crippen molar-refractivity contribution >= 4 is 46.1 Å². The number of carbonyl (C=O) groups is 1. The minimum Gasteiger partial charge on any atom is -0.355 e. The summed E-state index contributed by atoms with van der Waals surface area (Å²) in [6.45, 7) is 13.5. The van der Waals surface area contributed by atoms with Crippen LogP contribution >= 0.6 is 24.0 Å². The van der Waals surface area contributed by atoms with Crippen LogP contribution in [-0.4, -0.2) is 63.9 Å². The maximum absolute atomic E-state index is 13.2. The maximum atomic E-state index is 13.2. The van der Waals surface area contributed by atoms with Crippen LogP contribution in [-0.2, 0) is 11.3 Å². The molecule has 0 atom stereocenters. The molecule has 2 fully saturated rings. The number of aromatic nitrogens is 1. The Morgan fingerprint density at radius 1 is 1.09 bits per heavy atom. The van der Waals surface area contributed by atoms with Gasteiger partial charge in [-0.05, 0) is 38.5 Å². The zero-order valence-electron chi connectivity index (χ0n) is 20.0. The van der Waals surface area contributed by atoms with Crippen molar-refractivity contribution < 1.29 is 4.79 Å². The normalized spacial score (nSPS) is 18.5. The van der Waals surface area contributed by atoms with Crippen molar-refractivity contribution in [1.82, 2.24) is 14.4 Å². The van der Waals surface area contributed by atoms with E-state index in [1.54, 1.807) is 16.4 Å². The molecule has 2 aliphatic rings. The number of anilines is 1. The highest BCUT2D eigenvalue weighted by atomic mass is 32.2. The van der Waals surface area contributed by atoms with Crippen molar-refractivity contribution in [3.05, 3.63) is 31.9 Å². The summed E-state index contributed by atoms with van der Waals surface area (Å²) in [6.07, 6.45) is 4.90. The Bertz CT molecular complexity index is 1050. The summed E-state index contributed by atoms with van der Waals surface area (Å²) in [5, 5.41) is 9.72. The first-order valence-corrected chi connectivity index (χ1v) is 13.0. The van der Waals surface area contributed by atoms with Crippen LogP contribution in [0.15, 0.2) is 9.70 Å². The Labute approximate surface area is 206 Å². The van der Waals surface area contributed by atoms with Gasteiger partial charge in [-0.25, -0.2) is 0 Å². The van der Waals surface area contributed by atoms with Gasteiger partial charge in [-0.2, -0.15) is 5.26 Å². The molecule has 1 amide bonds. The molecule has 1 aromatic rings. The van der Waals surface area contributed by atoms with Crippen LogP contribution in [0, 0.1) is 18.3 Å². The zero-order chi connectivity index (χ0) is 24.1. The predicted molar refractivity (Wildman–Crippen MR) is 140 cm³/mol. The number of nitrogens with zero attached hydrogens (tertiary/aromatic N) is 5. The minimum atomic E-state index is -0.269. The van der Waals surface area contributed by atoms with Gasteiger partial charge in [0.05, 0.1) is 4.91 Å². The largest absolute Gasteiger partial charge is 0.355 e. The van der Waals surface area contributed by atoms with E-state index in [1.807, 2.05) is 13.0 Å². The zero-order valence-corrected chi connectivity index (χ0v) is 21.7. The molecule has 0 N–H and O–H groups in total. The average Bonchev–Trinajstić information content (AvgIpc) is 3.08. The van der Waals surface area contributed by atoms with Gasteiger partial charge in [-0.15, -0.1) is 0 Å². The van der Waals surface area contributed by atoms with Crippen LogP contribution in [0.5, 0.6) is 0 Å². The highest BCUT2D eigenvalue weighted by Crippen LogP contribution is 2.36. The molecule has 0 bridgehead atoms. The lowest BCUT2D eigenvalue weighted by atomic mass is 10.0. The Balaban J connectivity index is 2.09. The van der Waals surface area contributed by atoms with E-state index in [2.05, 4.69) is 29.7 Å². The number of nitriles is 1. The van der Waals surface area contributed by atoms with Gasteiger partial charge < -0.3 is 9.80 Å². The first kappa shape index (κ1) is 25.5. The first-order valence-electron chi connectivity index (χ1n) is 11.8. The van der Waals surface area contributed by atoms with E-state index >= 15 is 0 Å². The van der Waals surface area contributed by atoms with E-state index in [0.29, 0.717) is 27.9 Å². The third kappa shape index (κ3) is 5.18. The van der Waals surface area contributed by atoms with E-state index in [9.17, 15) is 14.9 Å². The third-order valence-corrected chi connectivity index (χ3v) is 7.79. The number of likely N-dealkylation sites (N-methyl/N-ethyl adjacent to an activating group) is 1. The Morgan fingerprint density at radius 3 is 2.36 bits per heavy atom. The first-order chi connectivity index (χ1) is 15.9. The standard InChI is InChI=1S/C24H33N5O2S2/c1-5-8-9-10-29-23(31)20(33-24(29)32)15-18-17(4)19(16-25)22(30)28(7-3)21(18)27-13-11-26(6-2)12-14-27/h15H,5-14H2,1-4H3. The lowest BCUT2D eigenvalue weighted by Crippen LogP contribution is -2.48. The summed E-state index contributed by atoms with van der Waals surface area (Å²) < 4.78 is 2.25. The number of hydrogen-bond acceptors (Lipinski definition) is 7. The van der Waals surface area contributed by atoms with Crippen LogP contribution < -0.4 is 10.5 Å². The van der Waals surface area contributed by atoms with Gasteiger partial charge in [-0.1, -0.05) is 50.7 Å². The van der Waals surface area contributed by atoms with Gasteiger partial charge in [-0.3, -0.25) is 19.1 Å². The molecule has 0 saturated carbocycles. The number of pyridine rings is 1.